The summed E-state index contributed by atoms with van der Waals surface area (Å²) in [5.74, 6) is -0.146. The fourth-order valence-electron chi connectivity index (χ4n) is 1.64. The Kier molecular flexibility index (Phi) is 4.41. The predicted molar refractivity (Wildman–Crippen MR) is 80.4 cm³/mol. The molecule has 0 unspecified atom stereocenters. The minimum atomic E-state index is -3.30. The second kappa shape index (κ2) is 6.06. The van der Waals surface area contributed by atoms with Crippen LogP contribution in [0.4, 0.5) is 5.69 Å². The Labute approximate surface area is 121 Å². The summed E-state index contributed by atoms with van der Waals surface area (Å²) >= 11 is 1.46. The Morgan fingerprint density at radius 2 is 2.10 bits per heavy atom. The van der Waals surface area contributed by atoms with Gasteiger partial charge in [0.2, 0.25) is 10.0 Å². The van der Waals surface area contributed by atoms with E-state index < -0.39 is 10.0 Å². The highest BCUT2D eigenvalue weighted by molar-refractivity contribution is 7.92. The van der Waals surface area contributed by atoms with Crippen molar-refractivity contribution in [3.05, 3.63) is 52.2 Å². The standard InChI is InChI=1S/C13H14N2O3S2/c1-20(17,18)15-12-4-2-3-10(7-12)8-14-13(16)11-5-6-19-9-11/h2-7,9,15H,8H2,1H3,(H,14,16). The van der Waals surface area contributed by atoms with Crippen LogP contribution < -0.4 is 10.0 Å². The molecule has 0 aliphatic heterocycles. The highest BCUT2D eigenvalue weighted by Gasteiger charge is 2.06. The Morgan fingerprint density at radius 3 is 2.75 bits per heavy atom. The van der Waals surface area contributed by atoms with E-state index in [0.717, 1.165) is 11.8 Å². The van der Waals surface area contributed by atoms with Crippen LogP contribution in [0.25, 0.3) is 0 Å². The first-order valence-corrected chi connectivity index (χ1v) is 8.64. The van der Waals surface area contributed by atoms with Crippen LogP contribution in [0, 0.1) is 0 Å². The van der Waals surface area contributed by atoms with E-state index in [0.29, 0.717) is 17.8 Å². The van der Waals surface area contributed by atoms with Gasteiger partial charge in [0.05, 0.1) is 6.26 Å². The van der Waals surface area contributed by atoms with Crippen molar-refractivity contribution in [1.29, 1.82) is 0 Å². The third kappa shape index (κ3) is 4.36. The number of sulfonamides is 1. The fourth-order valence-corrected chi connectivity index (χ4v) is 2.83. The summed E-state index contributed by atoms with van der Waals surface area (Å²) in [5, 5.41) is 6.40. The number of carbonyl (C=O) groups is 1. The molecule has 0 atom stereocenters. The van der Waals surface area contributed by atoms with Crippen LogP contribution in [0.1, 0.15) is 15.9 Å². The summed E-state index contributed by atoms with van der Waals surface area (Å²) in [6.07, 6.45) is 1.10. The third-order valence-electron chi connectivity index (χ3n) is 2.47. The molecule has 0 saturated carbocycles. The first kappa shape index (κ1) is 14.5. The smallest absolute Gasteiger partial charge is 0.252 e. The number of benzene rings is 1. The lowest BCUT2D eigenvalue weighted by Gasteiger charge is -2.07. The van der Waals surface area contributed by atoms with Crippen LogP contribution in [-0.2, 0) is 16.6 Å². The molecule has 1 aromatic carbocycles. The molecule has 2 rings (SSSR count). The molecule has 2 N–H and O–H groups in total. The first-order valence-electron chi connectivity index (χ1n) is 5.81. The maximum Gasteiger partial charge on any atom is 0.252 e. The summed E-state index contributed by atoms with van der Waals surface area (Å²) in [6, 6.07) is 8.66. The minimum absolute atomic E-state index is 0.146. The van der Waals surface area contributed by atoms with E-state index in [1.807, 2.05) is 11.4 Å². The van der Waals surface area contributed by atoms with E-state index in [1.165, 1.54) is 11.3 Å². The Hall–Kier alpha value is -1.86. The molecule has 0 spiro atoms. The number of rotatable bonds is 5. The van der Waals surface area contributed by atoms with E-state index >= 15 is 0 Å². The van der Waals surface area contributed by atoms with Crippen LogP contribution in [0.15, 0.2) is 41.1 Å². The second-order valence-corrected chi connectivity index (χ2v) is 6.80. The zero-order valence-corrected chi connectivity index (χ0v) is 12.4. The van der Waals surface area contributed by atoms with Gasteiger partial charge in [-0.3, -0.25) is 9.52 Å². The highest BCUT2D eigenvalue weighted by atomic mass is 32.2. The average molecular weight is 310 g/mol. The quantitative estimate of drug-likeness (QED) is 0.887. The van der Waals surface area contributed by atoms with Crippen molar-refractivity contribution < 1.29 is 13.2 Å². The van der Waals surface area contributed by atoms with Crippen molar-refractivity contribution in [3.63, 3.8) is 0 Å². The fraction of sp³-hybridized carbons (Fsp3) is 0.154. The molecular formula is C13H14N2O3S2. The van der Waals surface area contributed by atoms with Crippen molar-refractivity contribution in [2.45, 2.75) is 6.54 Å². The molecule has 0 radical (unpaired) electrons. The van der Waals surface area contributed by atoms with Crippen molar-refractivity contribution in [2.24, 2.45) is 0 Å². The Morgan fingerprint density at radius 1 is 1.30 bits per heavy atom. The molecule has 0 saturated heterocycles. The van der Waals surface area contributed by atoms with Crippen LogP contribution in [0.3, 0.4) is 0 Å². The van der Waals surface area contributed by atoms with Gasteiger partial charge in [-0.2, -0.15) is 11.3 Å². The number of hydrogen-bond acceptors (Lipinski definition) is 4. The van der Waals surface area contributed by atoms with E-state index in [2.05, 4.69) is 10.0 Å². The number of thiophene rings is 1. The lowest BCUT2D eigenvalue weighted by atomic mass is 10.2. The summed E-state index contributed by atoms with van der Waals surface area (Å²) in [7, 11) is -3.30. The Bertz CT molecular complexity index is 694. The molecule has 0 bridgehead atoms. The normalized spacial score (nSPS) is 11.1. The Balaban J connectivity index is 2.00. The maximum absolute atomic E-state index is 11.8. The van der Waals surface area contributed by atoms with Crippen molar-refractivity contribution >= 4 is 33.0 Å². The molecule has 5 nitrogen and oxygen atoms in total. The molecule has 1 heterocycles. The molecule has 2 aromatic rings. The number of hydrogen-bond donors (Lipinski definition) is 2. The van der Waals surface area contributed by atoms with E-state index in [4.69, 9.17) is 0 Å². The van der Waals surface area contributed by atoms with Crippen LogP contribution in [-0.4, -0.2) is 20.6 Å². The van der Waals surface area contributed by atoms with Crippen molar-refractivity contribution in [3.8, 4) is 0 Å². The first-order chi connectivity index (χ1) is 9.44. The van der Waals surface area contributed by atoms with E-state index in [1.54, 1.807) is 29.6 Å². The van der Waals surface area contributed by atoms with Gasteiger partial charge in [-0.1, -0.05) is 12.1 Å². The van der Waals surface area contributed by atoms with Crippen molar-refractivity contribution in [2.75, 3.05) is 11.0 Å². The van der Waals surface area contributed by atoms with Gasteiger partial charge in [0.25, 0.3) is 5.91 Å². The highest BCUT2D eigenvalue weighted by Crippen LogP contribution is 2.12. The van der Waals surface area contributed by atoms with E-state index in [9.17, 15) is 13.2 Å². The van der Waals surface area contributed by atoms with Gasteiger partial charge in [0.1, 0.15) is 0 Å². The number of amides is 1. The molecule has 7 heteroatoms. The monoisotopic (exact) mass is 310 g/mol. The number of carbonyl (C=O) groups excluding carboxylic acids is 1. The van der Waals surface area contributed by atoms with Gasteiger partial charge >= 0.3 is 0 Å². The third-order valence-corrected chi connectivity index (χ3v) is 3.76. The SMILES string of the molecule is CS(=O)(=O)Nc1cccc(CNC(=O)c2ccsc2)c1. The van der Waals surface area contributed by atoms with Crippen LogP contribution >= 0.6 is 11.3 Å². The van der Waals surface area contributed by atoms with Crippen LogP contribution in [0.5, 0.6) is 0 Å². The topological polar surface area (TPSA) is 75.3 Å². The van der Waals surface area contributed by atoms with Gasteiger partial charge in [0.15, 0.2) is 0 Å². The summed E-state index contributed by atoms with van der Waals surface area (Å²) < 4.78 is 24.7. The number of nitrogens with one attached hydrogen (secondary N) is 2. The van der Waals surface area contributed by atoms with E-state index in [-0.39, 0.29) is 5.91 Å². The largest absolute Gasteiger partial charge is 0.348 e. The summed E-state index contributed by atoms with van der Waals surface area (Å²) in [6.45, 7) is 0.341. The second-order valence-electron chi connectivity index (χ2n) is 4.27. The zero-order valence-electron chi connectivity index (χ0n) is 10.8. The molecule has 1 aromatic heterocycles. The van der Waals surface area contributed by atoms with Gasteiger partial charge in [0, 0.05) is 23.2 Å². The van der Waals surface area contributed by atoms with Gasteiger partial charge < -0.3 is 5.32 Å². The summed E-state index contributed by atoms with van der Waals surface area (Å²) in [4.78, 5) is 11.8. The average Bonchev–Trinajstić information content (AvgIpc) is 2.88. The number of anilines is 1. The van der Waals surface area contributed by atoms with Crippen molar-refractivity contribution in [1.82, 2.24) is 5.32 Å². The van der Waals surface area contributed by atoms with Gasteiger partial charge in [-0.05, 0) is 29.1 Å². The molecule has 20 heavy (non-hydrogen) atoms. The van der Waals surface area contributed by atoms with Gasteiger partial charge in [-0.25, -0.2) is 8.42 Å². The summed E-state index contributed by atoms with van der Waals surface area (Å²) in [5.41, 5.74) is 1.93. The molecule has 0 fully saturated rings. The molecule has 106 valence electrons. The maximum atomic E-state index is 11.8. The molecule has 0 aliphatic rings. The lowest BCUT2D eigenvalue weighted by Crippen LogP contribution is -2.22. The molecule has 1 amide bonds. The zero-order chi connectivity index (χ0) is 14.6. The predicted octanol–water partition coefficient (Wildman–Crippen LogP) is 2.05. The van der Waals surface area contributed by atoms with Crippen LogP contribution in [0.2, 0.25) is 0 Å². The van der Waals surface area contributed by atoms with Gasteiger partial charge in [-0.15, -0.1) is 0 Å². The minimum Gasteiger partial charge on any atom is -0.348 e. The molecule has 0 aliphatic carbocycles. The molecular weight excluding hydrogens is 296 g/mol. The lowest BCUT2D eigenvalue weighted by molar-refractivity contribution is 0.0951.